The Labute approximate surface area is 139 Å². The number of rotatable bonds is 4. The summed E-state index contributed by atoms with van der Waals surface area (Å²) in [6.45, 7) is 0. The van der Waals surface area contributed by atoms with Gasteiger partial charge in [-0.15, -0.1) is 0 Å². The maximum atomic E-state index is 12.4. The molecule has 0 unspecified atom stereocenters. The summed E-state index contributed by atoms with van der Waals surface area (Å²) < 4.78 is 6.88. The molecule has 122 valence electrons. The first kappa shape index (κ1) is 15.6. The molecule has 1 aromatic heterocycles. The molecule has 0 saturated carbocycles. The largest absolute Gasteiger partial charge is 0.497 e. The monoisotopic (exact) mass is 322 g/mol. The standard InChI is InChI=1S/C18H18N4O2/c1-22-17(8-9-20-22)15-11-13(6-7-16(15)19)21-18(23)12-4-3-5-14(10-12)24-2/h3-11H,19H2,1-2H3,(H,21,23). The van der Waals surface area contributed by atoms with Crippen molar-refractivity contribution in [1.29, 1.82) is 0 Å². The number of nitrogens with zero attached hydrogens (tertiary/aromatic N) is 2. The number of aromatic nitrogens is 2. The summed E-state index contributed by atoms with van der Waals surface area (Å²) in [7, 11) is 3.41. The van der Waals surface area contributed by atoms with Crippen molar-refractivity contribution in [3.63, 3.8) is 0 Å². The predicted molar refractivity (Wildman–Crippen MR) is 94.0 cm³/mol. The summed E-state index contributed by atoms with van der Waals surface area (Å²) >= 11 is 0. The lowest BCUT2D eigenvalue weighted by Gasteiger charge is -2.11. The minimum Gasteiger partial charge on any atom is -0.497 e. The highest BCUT2D eigenvalue weighted by Crippen LogP contribution is 2.28. The second-order valence-corrected chi connectivity index (χ2v) is 5.33. The Bertz CT molecular complexity index is 886. The van der Waals surface area contributed by atoms with Crippen molar-refractivity contribution in [3.8, 4) is 17.0 Å². The maximum absolute atomic E-state index is 12.4. The topological polar surface area (TPSA) is 82.2 Å². The van der Waals surface area contributed by atoms with Gasteiger partial charge >= 0.3 is 0 Å². The quantitative estimate of drug-likeness (QED) is 0.724. The zero-order valence-corrected chi connectivity index (χ0v) is 13.5. The van der Waals surface area contributed by atoms with Crippen molar-refractivity contribution in [2.24, 2.45) is 7.05 Å². The first-order valence-electron chi connectivity index (χ1n) is 7.42. The van der Waals surface area contributed by atoms with E-state index >= 15 is 0 Å². The number of methoxy groups -OCH3 is 1. The predicted octanol–water partition coefficient (Wildman–Crippen LogP) is 2.93. The summed E-state index contributed by atoms with van der Waals surface area (Å²) in [4.78, 5) is 12.4. The summed E-state index contributed by atoms with van der Waals surface area (Å²) in [5.74, 6) is 0.421. The highest BCUT2D eigenvalue weighted by molar-refractivity contribution is 6.05. The van der Waals surface area contributed by atoms with Crippen molar-refractivity contribution in [1.82, 2.24) is 9.78 Å². The Morgan fingerprint density at radius 2 is 2.04 bits per heavy atom. The molecule has 1 amide bonds. The third kappa shape index (κ3) is 3.08. The van der Waals surface area contributed by atoms with E-state index in [2.05, 4.69) is 10.4 Å². The molecular weight excluding hydrogens is 304 g/mol. The smallest absolute Gasteiger partial charge is 0.255 e. The van der Waals surface area contributed by atoms with E-state index in [0.717, 1.165) is 11.3 Å². The van der Waals surface area contributed by atoms with Crippen molar-refractivity contribution in [3.05, 3.63) is 60.3 Å². The van der Waals surface area contributed by atoms with Crippen LogP contribution in [0.5, 0.6) is 5.75 Å². The molecule has 3 rings (SSSR count). The van der Waals surface area contributed by atoms with Crippen LogP contribution in [-0.4, -0.2) is 22.8 Å². The molecule has 0 radical (unpaired) electrons. The van der Waals surface area contributed by atoms with E-state index in [0.29, 0.717) is 22.7 Å². The van der Waals surface area contributed by atoms with E-state index in [1.165, 1.54) is 0 Å². The van der Waals surface area contributed by atoms with Gasteiger partial charge in [0.15, 0.2) is 0 Å². The second-order valence-electron chi connectivity index (χ2n) is 5.33. The number of benzene rings is 2. The Morgan fingerprint density at radius 3 is 2.75 bits per heavy atom. The van der Waals surface area contributed by atoms with Crippen molar-refractivity contribution in [2.45, 2.75) is 0 Å². The SMILES string of the molecule is COc1cccc(C(=O)Nc2ccc(N)c(-c3ccnn3C)c2)c1. The molecule has 3 aromatic rings. The van der Waals surface area contributed by atoms with Gasteiger partial charge in [0.2, 0.25) is 0 Å². The normalized spacial score (nSPS) is 10.4. The van der Waals surface area contributed by atoms with E-state index < -0.39 is 0 Å². The van der Waals surface area contributed by atoms with Crippen LogP contribution in [0.15, 0.2) is 54.7 Å². The fourth-order valence-electron chi connectivity index (χ4n) is 2.46. The molecule has 0 bridgehead atoms. The van der Waals surface area contributed by atoms with E-state index in [4.69, 9.17) is 10.5 Å². The van der Waals surface area contributed by atoms with Gasteiger partial charge in [0.25, 0.3) is 5.91 Å². The molecule has 6 heteroatoms. The summed E-state index contributed by atoms with van der Waals surface area (Å²) in [5, 5.41) is 7.03. The Morgan fingerprint density at radius 1 is 1.21 bits per heavy atom. The van der Waals surface area contributed by atoms with Gasteiger partial charge in [0.05, 0.1) is 12.8 Å². The van der Waals surface area contributed by atoms with E-state index in [1.54, 1.807) is 54.4 Å². The van der Waals surface area contributed by atoms with Crippen LogP contribution in [0.1, 0.15) is 10.4 Å². The molecule has 0 saturated heterocycles. The van der Waals surface area contributed by atoms with E-state index in [1.807, 2.05) is 19.2 Å². The molecule has 3 N–H and O–H groups in total. The third-order valence-corrected chi connectivity index (χ3v) is 3.74. The molecule has 6 nitrogen and oxygen atoms in total. The minimum atomic E-state index is -0.213. The molecule has 0 aliphatic carbocycles. The van der Waals surface area contributed by atoms with Crippen LogP contribution in [0.2, 0.25) is 0 Å². The fraction of sp³-hybridized carbons (Fsp3) is 0.111. The average Bonchev–Trinajstić information content (AvgIpc) is 3.02. The summed E-state index contributed by atoms with van der Waals surface area (Å²) in [5.41, 5.74) is 9.56. The molecule has 1 heterocycles. The van der Waals surface area contributed by atoms with Crippen LogP contribution < -0.4 is 15.8 Å². The Hall–Kier alpha value is -3.28. The lowest BCUT2D eigenvalue weighted by atomic mass is 10.1. The number of anilines is 2. The molecule has 0 fully saturated rings. The highest BCUT2D eigenvalue weighted by Gasteiger charge is 2.11. The minimum absolute atomic E-state index is 0.213. The number of nitrogen functional groups attached to an aromatic ring is 1. The van der Waals surface area contributed by atoms with Crippen LogP contribution >= 0.6 is 0 Å². The van der Waals surface area contributed by atoms with Crippen LogP contribution in [0.4, 0.5) is 11.4 Å². The van der Waals surface area contributed by atoms with Gasteiger partial charge in [0.1, 0.15) is 5.75 Å². The number of nitrogens with two attached hydrogens (primary N) is 1. The lowest BCUT2D eigenvalue weighted by molar-refractivity contribution is 0.102. The lowest BCUT2D eigenvalue weighted by Crippen LogP contribution is -2.12. The Balaban J connectivity index is 1.88. The zero-order chi connectivity index (χ0) is 17.1. The number of carbonyl (C=O) groups excluding carboxylic acids is 1. The van der Waals surface area contributed by atoms with E-state index in [-0.39, 0.29) is 5.91 Å². The molecule has 0 aliphatic rings. The molecule has 24 heavy (non-hydrogen) atoms. The maximum Gasteiger partial charge on any atom is 0.255 e. The molecule has 0 atom stereocenters. The average molecular weight is 322 g/mol. The zero-order valence-electron chi connectivity index (χ0n) is 13.5. The number of hydrogen-bond acceptors (Lipinski definition) is 4. The second kappa shape index (κ2) is 6.45. The molecule has 2 aromatic carbocycles. The number of carbonyl (C=O) groups is 1. The van der Waals surface area contributed by atoms with E-state index in [9.17, 15) is 4.79 Å². The van der Waals surface area contributed by atoms with Crippen LogP contribution in [0.3, 0.4) is 0 Å². The Kier molecular flexibility index (Phi) is 4.20. The first-order chi connectivity index (χ1) is 11.6. The number of ether oxygens (including phenoxy) is 1. The van der Waals surface area contributed by atoms with Crippen molar-refractivity contribution < 1.29 is 9.53 Å². The highest BCUT2D eigenvalue weighted by atomic mass is 16.5. The fourth-order valence-corrected chi connectivity index (χ4v) is 2.46. The molecule has 0 spiro atoms. The van der Waals surface area contributed by atoms with Crippen LogP contribution in [-0.2, 0) is 7.05 Å². The van der Waals surface area contributed by atoms with Gasteiger partial charge in [-0.1, -0.05) is 6.07 Å². The number of aryl methyl sites for hydroxylation is 1. The van der Waals surface area contributed by atoms with Crippen molar-refractivity contribution >= 4 is 17.3 Å². The number of amides is 1. The summed E-state index contributed by atoms with van der Waals surface area (Å²) in [6, 6.07) is 14.2. The van der Waals surface area contributed by atoms with Crippen LogP contribution in [0, 0.1) is 0 Å². The van der Waals surface area contributed by atoms with Gasteiger partial charge in [-0.2, -0.15) is 5.10 Å². The van der Waals surface area contributed by atoms with Gasteiger partial charge in [-0.3, -0.25) is 9.48 Å². The van der Waals surface area contributed by atoms with Crippen molar-refractivity contribution in [2.75, 3.05) is 18.2 Å². The van der Waals surface area contributed by atoms with Crippen LogP contribution in [0.25, 0.3) is 11.3 Å². The summed E-state index contributed by atoms with van der Waals surface area (Å²) in [6.07, 6.45) is 1.70. The van der Waals surface area contributed by atoms with Gasteiger partial charge in [0, 0.05) is 35.7 Å². The molecular formula is C18H18N4O2. The van der Waals surface area contributed by atoms with Gasteiger partial charge < -0.3 is 15.8 Å². The van der Waals surface area contributed by atoms with Gasteiger partial charge in [-0.25, -0.2) is 0 Å². The first-order valence-corrected chi connectivity index (χ1v) is 7.42. The molecule has 0 aliphatic heterocycles. The third-order valence-electron chi connectivity index (χ3n) is 3.74. The number of nitrogens with one attached hydrogen (secondary N) is 1. The number of hydrogen-bond donors (Lipinski definition) is 2. The van der Waals surface area contributed by atoms with Gasteiger partial charge in [-0.05, 0) is 42.5 Å².